The number of benzene rings is 2. The first-order valence-electron chi connectivity index (χ1n) is 6.72. The zero-order chi connectivity index (χ0) is 15.5. The van der Waals surface area contributed by atoms with Crippen LogP contribution in [0.2, 0.25) is 0 Å². The Labute approximate surface area is 131 Å². The van der Waals surface area contributed by atoms with Gasteiger partial charge in [-0.2, -0.15) is 0 Å². The van der Waals surface area contributed by atoms with Crippen molar-refractivity contribution in [2.45, 2.75) is 24.1 Å². The number of halogens is 1. The molecule has 0 saturated heterocycles. The van der Waals surface area contributed by atoms with Crippen LogP contribution in [-0.4, -0.2) is 15.5 Å². The van der Waals surface area contributed by atoms with Crippen LogP contribution >= 0.6 is 11.6 Å². The minimum absolute atomic E-state index is 0.253. The summed E-state index contributed by atoms with van der Waals surface area (Å²) in [4.78, 5) is 0.253. The molecule has 2 aromatic rings. The Hall–Kier alpha value is -1.52. The molecule has 0 unspecified atom stereocenters. The molecular weight excluding hydrogens is 306 g/mol. The van der Waals surface area contributed by atoms with Gasteiger partial charge in [0.1, 0.15) is 0 Å². The number of sulfonamides is 1. The lowest BCUT2D eigenvalue weighted by Crippen LogP contribution is -2.26. The van der Waals surface area contributed by atoms with E-state index in [0.717, 1.165) is 12.0 Å². The maximum Gasteiger partial charge on any atom is 0.264 e. The number of anilines is 1. The van der Waals surface area contributed by atoms with Crippen LogP contribution in [0.5, 0.6) is 0 Å². The summed E-state index contributed by atoms with van der Waals surface area (Å²) in [6.45, 7) is 2.06. The van der Waals surface area contributed by atoms with Gasteiger partial charge < -0.3 is 0 Å². The highest BCUT2D eigenvalue weighted by Gasteiger charge is 2.21. The highest BCUT2D eigenvalue weighted by atomic mass is 35.5. The first-order valence-corrected chi connectivity index (χ1v) is 8.69. The van der Waals surface area contributed by atoms with Crippen molar-refractivity contribution >= 4 is 27.3 Å². The predicted octanol–water partition coefficient (Wildman–Crippen LogP) is 3.81. The second-order valence-corrected chi connectivity index (χ2v) is 7.01. The SMILES string of the molecule is CCc1ccc(N(C)S(=O)(=O)c2cccc(CCl)c2)cc1. The molecule has 5 heteroatoms. The lowest BCUT2D eigenvalue weighted by Gasteiger charge is -2.20. The van der Waals surface area contributed by atoms with Crippen molar-refractivity contribution in [1.82, 2.24) is 0 Å². The van der Waals surface area contributed by atoms with E-state index in [1.165, 1.54) is 9.87 Å². The molecule has 112 valence electrons. The Balaban J connectivity index is 2.37. The highest BCUT2D eigenvalue weighted by molar-refractivity contribution is 7.92. The van der Waals surface area contributed by atoms with Crippen LogP contribution in [-0.2, 0) is 22.3 Å². The molecule has 0 aliphatic heterocycles. The molecule has 2 rings (SSSR count). The van der Waals surface area contributed by atoms with Gasteiger partial charge in [-0.15, -0.1) is 11.6 Å². The Morgan fingerprint density at radius 1 is 1.05 bits per heavy atom. The van der Waals surface area contributed by atoms with Crippen molar-refractivity contribution in [1.29, 1.82) is 0 Å². The van der Waals surface area contributed by atoms with Gasteiger partial charge in [0.15, 0.2) is 0 Å². The number of nitrogens with zero attached hydrogens (tertiary/aromatic N) is 1. The number of aryl methyl sites for hydroxylation is 1. The second-order valence-electron chi connectivity index (χ2n) is 4.77. The van der Waals surface area contributed by atoms with Crippen LogP contribution < -0.4 is 4.31 Å². The van der Waals surface area contributed by atoms with Crippen molar-refractivity contribution in [3.05, 3.63) is 59.7 Å². The van der Waals surface area contributed by atoms with E-state index in [9.17, 15) is 8.42 Å². The molecule has 0 spiro atoms. The number of hydrogen-bond acceptors (Lipinski definition) is 2. The normalized spacial score (nSPS) is 11.4. The van der Waals surface area contributed by atoms with Gasteiger partial charge >= 0.3 is 0 Å². The summed E-state index contributed by atoms with van der Waals surface area (Å²) in [7, 11) is -2.01. The molecule has 0 aliphatic carbocycles. The summed E-state index contributed by atoms with van der Waals surface area (Å²) in [5.74, 6) is 0.290. The summed E-state index contributed by atoms with van der Waals surface area (Å²) in [5.41, 5.74) is 2.60. The minimum Gasteiger partial charge on any atom is -0.269 e. The van der Waals surface area contributed by atoms with Crippen LogP contribution in [0.15, 0.2) is 53.4 Å². The van der Waals surface area contributed by atoms with Gasteiger partial charge in [0, 0.05) is 12.9 Å². The van der Waals surface area contributed by atoms with Gasteiger partial charge in [-0.1, -0.05) is 31.2 Å². The standard InChI is InChI=1S/C16H18ClNO2S/c1-3-13-7-9-15(10-8-13)18(2)21(19,20)16-6-4-5-14(11-16)12-17/h4-11H,3,12H2,1-2H3. The van der Waals surface area contributed by atoms with Crippen molar-refractivity contribution in [2.24, 2.45) is 0 Å². The van der Waals surface area contributed by atoms with E-state index < -0.39 is 10.0 Å². The molecule has 0 aliphatic rings. The third-order valence-electron chi connectivity index (χ3n) is 3.42. The molecule has 0 fully saturated rings. The van der Waals surface area contributed by atoms with E-state index in [1.807, 2.05) is 30.3 Å². The van der Waals surface area contributed by atoms with E-state index >= 15 is 0 Å². The van der Waals surface area contributed by atoms with Crippen molar-refractivity contribution < 1.29 is 8.42 Å². The summed E-state index contributed by atoms with van der Waals surface area (Å²) < 4.78 is 26.6. The second kappa shape index (κ2) is 6.50. The fraction of sp³-hybridized carbons (Fsp3) is 0.250. The zero-order valence-corrected chi connectivity index (χ0v) is 13.7. The molecule has 0 aromatic heterocycles. The average Bonchev–Trinajstić information content (AvgIpc) is 2.54. The average molecular weight is 324 g/mol. The van der Waals surface area contributed by atoms with E-state index in [1.54, 1.807) is 25.2 Å². The molecule has 0 saturated carbocycles. The number of rotatable bonds is 5. The van der Waals surface area contributed by atoms with Gasteiger partial charge in [-0.05, 0) is 41.8 Å². The van der Waals surface area contributed by atoms with E-state index in [-0.39, 0.29) is 10.8 Å². The van der Waals surface area contributed by atoms with Crippen LogP contribution in [0.25, 0.3) is 0 Å². The molecule has 21 heavy (non-hydrogen) atoms. The fourth-order valence-electron chi connectivity index (χ4n) is 2.03. The van der Waals surface area contributed by atoms with Crippen LogP contribution in [0.3, 0.4) is 0 Å². The largest absolute Gasteiger partial charge is 0.269 e. The quantitative estimate of drug-likeness (QED) is 0.785. The number of hydrogen-bond donors (Lipinski definition) is 0. The smallest absolute Gasteiger partial charge is 0.264 e. The number of alkyl halides is 1. The first kappa shape index (κ1) is 15.9. The molecule has 3 nitrogen and oxygen atoms in total. The Kier molecular flexibility index (Phi) is 4.91. The predicted molar refractivity (Wildman–Crippen MR) is 87.4 cm³/mol. The van der Waals surface area contributed by atoms with Crippen molar-refractivity contribution in [3.63, 3.8) is 0 Å². The Bertz CT molecular complexity index is 711. The van der Waals surface area contributed by atoms with Gasteiger partial charge in [-0.25, -0.2) is 8.42 Å². The summed E-state index contributed by atoms with van der Waals surface area (Å²) in [6.07, 6.45) is 0.925. The fourth-order valence-corrected chi connectivity index (χ4v) is 3.46. The summed E-state index contributed by atoms with van der Waals surface area (Å²) >= 11 is 5.77. The van der Waals surface area contributed by atoms with Crippen molar-refractivity contribution in [2.75, 3.05) is 11.4 Å². The molecule has 2 aromatic carbocycles. The topological polar surface area (TPSA) is 37.4 Å². The van der Waals surface area contributed by atoms with Gasteiger partial charge in [0.05, 0.1) is 10.6 Å². The van der Waals surface area contributed by atoms with Crippen molar-refractivity contribution in [3.8, 4) is 0 Å². The molecule has 0 amide bonds. The summed E-state index contributed by atoms with van der Waals surface area (Å²) in [6, 6.07) is 14.2. The lowest BCUT2D eigenvalue weighted by atomic mass is 10.1. The summed E-state index contributed by atoms with van der Waals surface area (Å²) in [5, 5.41) is 0. The minimum atomic E-state index is -3.57. The Morgan fingerprint density at radius 3 is 2.29 bits per heavy atom. The van der Waals surface area contributed by atoms with E-state index in [4.69, 9.17) is 11.6 Å². The maximum atomic E-state index is 12.6. The van der Waals surface area contributed by atoms with E-state index in [0.29, 0.717) is 5.69 Å². The molecule has 0 heterocycles. The van der Waals surface area contributed by atoms with Gasteiger partial charge in [-0.3, -0.25) is 4.31 Å². The zero-order valence-electron chi connectivity index (χ0n) is 12.1. The van der Waals surface area contributed by atoms with Gasteiger partial charge in [0.2, 0.25) is 0 Å². The maximum absolute atomic E-state index is 12.6. The monoisotopic (exact) mass is 323 g/mol. The van der Waals surface area contributed by atoms with Crippen LogP contribution in [0, 0.1) is 0 Å². The van der Waals surface area contributed by atoms with Crippen LogP contribution in [0.1, 0.15) is 18.1 Å². The third kappa shape index (κ3) is 3.39. The highest BCUT2D eigenvalue weighted by Crippen LogP contribution is 2.23. The molecule has 0 N–H and O–H groups in total. The molecule has 0 bridgehead atoms. The lowest BCUT2D eigenvalue weighted by molar-refractivity contribution is 0.594. The Morgan fingerprint density at radius 2 is 1.71 bits per heavy atom. The molecular formula is C16H18ClNO2S. The third-order valence-corrected chi connectivity index (χ3v) is 5.51. The molecule has 0 radical (unpaired) electrons. The van der Waals surface area contributed by atoms with Gasteiger partial charge in [0.25, 0.3) is 10.0 Å². The van der Waals surface area contributed by atoms with E-state index in [2.05, 4.69) is 6.92 Å². The first-order chi connectivity index (χ1) is 9.98. The van der Waals surface area contributed by atoms with Crippen LogP contribution in [0.4, 0.5) is 5.69 Å². The molecule has 0 atom stereocenters.